The van der Waals surface area contributed by atoms with Gasteiger partial charge in [0.2, 0.25) is 0 Å². The maximum absolute atomic E-state index is 12.1. The number of rotatable bonds is 4. The summed E-state index contributed by atoms with van der Waals surface area (Å²) in [6.45, 7) is 6.10. The monoisotopic (exact) mass is 300 g/mol. The number of thiazole rings is 1. The molecular weight excluding hydrogens is 284 g/mol. The number of hydrogen-bond donors (Lipinski definition) is 0. The molecule has 0 saturated heterocycles. The average Bonchev–Trinajstić information content (AvgIpc) is 2.92. The number of nitriles is 1. The first-order chi connectivity index (χ1) is 10.1. The smallest absolute Gasteiger partial charge is 0.358 e. The van der Waals surface area contributed by atoms with E-state index >= 15 is 0 Å². The predicted octanol–water partition coefficient (Wildman–Crippen LogP) is 3.98. The Labute approximate surface area is 128 Å². The molecule has 0 N–H and O–H groups in total. The van der Waals surface area contributed by atoms with Crippen molar-refractivity contribution < 1.29 is 9.53 Å². The van der Waals surface area contributed by atoms with Crippen LogP contribution in [0.5, 0.6) is 0 Å². The summed E-state index contributed by atoms with van der Waals surface area (Å²) >= 11 is 1.44. The average molecular weight is 300 g/mol. The minimum absolute atomic E-state index is 0.214. The summed E-state index contributed by atoms with van der Waals surface area (Å²) < 4.78 is 5.08. The number of carbonyl (C=O) groups excluding carboxylic acids is 1. The van der Waals surface area contributed by atoms with Crippen LogP contribution < -0.4 is 0 Å². The molecule has 0 atom stereocenters. The Morgan fingerprint density at radius 1 is 1.43 bits per heavy atom. The molecule has 4 nitrogen and oxygen atoms in total. The van der Waals surface area contributed by atoms with E-state index in [4.69, 9.17) is 4.74 Å². The Balaban J connectivity index is 2.61. The van der Waals surface area contributed by atoms with E-state index in [2.05, 4.69) is 11.1 Å². The molecule has 0 spiro atoms. The highest BCUT2D eigenvalue weighted by Crippen LogP contribution is 2.35. The normalized spacial score (nSPS) is 10.4. The molecule has 1 heterocycles. The van der Waals surface area contributed by atoms with Crippen LogP contribution in [0.2, 0.25) is 0 Å². The molecule has 0 unspecified atom stereocenters. The highest BCUT2D eigenvalue weighted by molar-refractivity contribution is 7.15. The second kappa shape index (κ2) is 6.51. The molecule has 0 radical (unpaired) electrons. The molecule has 21 heavy (non-hydrogen) atoms. The third-order valence-electron chi connectivity index (χ3n) is 2.90. The number of hydrogen-bond acceptors (Lipinski definition) is 5. The SMILES string of the molecule is CCOC(=O)c1nc(C(C)C)sc1-c1ccccc1C#N. The Morgan fingerprint density at radius 2 is 2.14 bits per heavy atom. The van der Waals surface area contributed by atoms with Gasteiger partial charge < -0.3 is 4.74 Å². The zero-order chi connectivity index (χ0) is 15.4. The van der Waals surface area contributed by atoms with Crippen LogP contribution in [0.1, 0.15) is 47.7 Å². The predicted molar refractivity (Wildman–Crippen MR) is 82.3 cm³/mol. The van der Waals surface area contributed by atoms with Crippen molar-refractivity contribution in [2.45, 2.75) is 26.7 Å². The van der Waals surface area contributed by atoms with E-state index in [-0.39, 0.29) is 5.92 Å². The standard InChI is InChI=1S/C16H16N2O2S/c1-4-20-16(19)13-14(21-15(18-13)10(2)3)12-8-6-5-7-11(12)9-17/h5-8,10H,4H2,1-3H3. The Hall–Kier alpha value is -2.19. The summed E-state index contributed by atoms with van der Waals surface area (Å²) in [7, 11) is 0. The number of carbonyl (C=O) groups is 1. The second-order valence-electron chi connectivity index (χ2n) is 4.76. The van der Waals surface area contributed by atoms with Gasteiger partial charge in [0.1, 0.15) is 0 Å². The first kappa shape index (κ1) is 15.2. The van der Waals surface area contributed by atoms with E-state index in [0.717, 1.165) is 10.6 Å². The summed E-state index contributed by atoms with van der Waals surface area (Å²) in [6.07, 6.45) is 0. The van der Waals surface area contributed by atoms with Gasteiger partial charge in [0.25, 0.3) is 0 Å². The molecule has 0 fully saturated rings. The van der Waals surface area contributed by atoms with Gasteiger partial charge in [0.05, 0.1) is 28.1 Å². The largest absolute Gasteiger partial charge is 0.461 e. The second-order valence-corrected chi connectivity index (χ2v) is 5.79. The molecule has 0 bridgehead atoms. The van der Waals surface area contributed by atoms with Crippen LogP contribution in [0, 0.1) is 11.3 Å². The highest BCUT2D eigenvalue weighted by atomic mass is 32.1. The van der Waals surface area contributed by atoms with E-state index in [1.807, 2.05) is 26.0 Å². The van der Waals surface area contributed by atoms with Crippen molar-refractivity contribution in [3.63, 3.8) is 0 Å². The number of ether oxygens (including phenoxy) is 1. The molecule has 2 aromatic rings. The molecule has 0 aliphatic heterocycles. The lowest BCUT2D eigenvalue weighted by Gasteiger charge is -2.03. The lowest BCUT2D eigenvalue weighted by molar-refractivity contribution is 0.0521. The van der Waals surface area contributed by atoms with Crippen molar-refractivity contribution in [1.82, 2.24) is 4.98 Å². The molecule has 1 aromatic heterocycles. The Kier molecular flexibility index (Phi) is 4.71. The number of aromatic nitrogens is 1. The van der Waals surface area contributed by atoms with E-state index in [1.165, 1.54) is 11.3 Å². The third-order valence-corrected chi connectivity index (χ3v) is 4.29. The maximum Gasteiger partial charge on any atom is 0.358 e. The van der Waals surface area contributed by atoms with Crippen molar-refractivity contribution in [2.24, 2.45) is 0 Å². The van der Waals surface area contributed by atoms with Gasteiger partial charge in [-0.1, -0.05) is 32.0 Å². The molecule has 108 valence electrons. The molecule has 0 aliphatic carbocycles. The zero-order valence-electron chi connectivity index (χ0n) is 12.2. The zero-order valence-corrected chi connectivity index (χ0v) is 13.0. The van der Waals surface area contributed by atoms with E-state index < -0.39 is 5.97 Å². The fourth-order valence-corrected chi connectivity index (χ4v) is 2.98. The number of benzene rings is 1. The Bertz CT molecular complexity index is 699. The summed E-state index contributed by atoms with van der Waals surface area (Å²) in [5.41, 5.74) is 1.56. The lowest BCUT2D eigenvalue weighted by atomic mass is 10.1. The van der Waals surface area contributed by atoms with Crippen LogP contribution in [0.15, 0.2) is 24.3 Å². The molecule has 1 aromatic carbocycles. The van der Waals surface area contributed by atoms with E-state index in [0.29, 0.717) is 22.7 Å². The van der Waals surface area contributed by atoms with Gasteiger partial charge in [-0.05, 0) is 13.0 Å². The maximum atomic E-state index is 12.1. The molecule has 0 saturated carbocycles. The lowest BCUT2D eigenvalue weighted by Crippen LogP contribution is -2.07. The van der Waals surface area contributed by atoms with Crippen molar-refractivity contribution >= 4 is 17.3 Å². The molecule has 5 heteroatoms. The molecule has 2 rings (SSSR count). The summed E-state index contributed by atoms with van der Waals surface area (Å²) in [5.74, 6) is -0.227. The molecule has 0 aliphatic rings. The number of esters is 1. The third kappa shape index (κ3) is 3.11. The molecule has 0 amide bonds. The minimum Gasteiger partial charge on any atom is -0.461 e. The Morgan fingerprint density at radius 3 is 2.76 bits per heavy atom. The first-order valence-corrected chi connectivity index (χ1v) is 7.57. The van der Waals surface area contributed by atoms with Gasteiger partial charge in [-0.3, -0.25) is 0 Å². The first-order valence-electron chi connectivity index (χ1n) is 6.75. The van der Waals surface area contributed by atoms with Crippen LogP contribution in [-0.2, 0) is 4.74 Å². The highest BCUT2D eigenvalue weighted by Gasteiger charge is 2.23. The quantitative estimate of drug-likeness (QED) is 0.801. The van der Waals surface area contributed by atoms with Gasteiger partial charge in [0.15, 0.2) is 5.69 Å². The van der Waals surface area contributed by atoms with Gasteiger partial charge in [-0.25, -0.2) is 9.78 Å². The van der Waals surface area contributed by atoms with Crippen molar-refractivity contribution in [2.75, 3.05) is 6.61 Å². The topological polar surface area (TPSA) is 63.0 Å². The van der Waals surface area contributed by atoms with E-state index in [1.54, 1.807) is 19.1 Å². The summed E-state index contributed by atoms with van der Waals surface area (Å²) in [5, 5.41) is 10.1. The van der Waals surface area contributed by atoms with Gasteiger partial charge in [0, 0.05) is 11.5 Å². The van der Waals surface area contributed by atoms with Gasteiger partial charge in [-0.15, -0.1) is 11.3 Å². The van der Waals surface area contributed by atoms with Crippen LogP contribution >= 0.6 is 11.3 Å². The van der Waals surface area contributed by atoms with Gasteiger partial charge >= 0.3 is 5.97 Å². The van der Waals surface area contributed by atoms with Crippen LogP contribution in [0.4, 0.5) is 0 Å². The minimum atomic E-state index is -0.441. The molecular formula is C16H16N2O2S. The fourth-order valence-electron chi connectivity index (χ4n) is 1.88. The van der Waals surface area contributed by atoms with Crippen molar-refractivity contribution in [3.05, 3.63) is 40.5 Å². The summed E-state index contributed by atoms with van der Waals surface area (Å²) in [6, 6.07) is 9.37. The van der Waals surface area contributed by atoms with Crippen LogP contribution in [0.25, 0.3) is 10.4 Å². The van der Waals surface area contributed by atoms with Gasteiger partial charge in [-0.2, -0.15) is 5.26 Å². The van der Waals surface area contributed by atoms with Crippen molar-refractivity contribution in [1.29, 1.82) is 5.26 Å². The van der Waals surface area contributed by atoms with E-state index in [9.17, 15) is 10.1 Å². The van der Waals surface area contributed by atoms with Crippen molar-refractivity contribution in [3.8, 4) is 16.5 Å². The number of nitrogens with zero attached hydrogens (tertiary/aromatic N) is 2. The fraction of sp³-hybridized carbons (Fsp3) is 0.312. The van der Waals surface area contributed by atoms with Crippen LogP contribution in [-0.4, -0.2) is 17.6 Å². The summed E-state index contributed by atoms with van der Waals surface area (Å²) in [4.78, 5) is 17.2. The van der Waals surface area contributed by atoms with Crippen LogP contribution in [0.3, 0.4) is 0 Å².